The van der Waals surface area contributed by atoms with E-state index in [0.717, 1.165) is 37.6 Å². The molecule has 1 rings (SSSR count). The van der Waals surface area contributed by atoms with Crippen molar-refractivity contribution in [2.75, 3.05) is 19.8 Å². The second kappa shape index (κ2) is 7.24. The Hall–Kier alpha value is -0.0800. The molecule has 0 heterocycles. The molecule has 2 atom stereocenters. The highest BCUT2D eigenvalue weighted by Crippen LogP contribution is 2.24. The average Bonchev–Trinajstić information content (AvgIpc) is 2.57. The maximum absolute atomic E-state index is 5.58. The van der Waals surface area contributed by atoms with Crippen molar-refractivity contribution in [1.82, 2.24) is 5.32 Å². The van der Waals surface area contributed by atoms with Gasteiger partial charge in [0.1, 0.15) is 0 Å². The summed E-state index contributed by atoms with van der Waals surface area (Å²) in [5.74, 6) is 1.62. The fourth-order valence-corrected chi connectivity index (χ4v) is 2.19. The van der Waals surface area contributed by atoms with Gasteiger partial charge in [0.25, 0.3) is 0 Å². The van der Waals surface area contributed by atoms with Crippen molar-refractivity contribution in [3.05, 3.63) is 0 Å². The summed E-state index contributed by atoms with van der Waals surface area (Å²) in [6, 6.07) is 0.749. The molecule has 1 aliphatic rings. The quantitative estimate of drug-likeness (QED) is 0.657. The average molecular weight is 213 g/mol. The third-order valence-electron chi connectivity index (χ3n) is 3.35. The Labute approximate surface area is 94.8 Å². The molecule has 90 valence electrons. The Morgan fingerprint density at radius 1 is 1.27 bits per heavy atom. The summed E-state index contributed by atoms with van der Waals surface area (Å²) in [4.78, 5) is 0. The van der Waals surface area contributed by atoms with Crippen LogP contribution in [-0.2, 0) is 4.74 Å². The summed E-state index contributed by atoms with van der Waals surface area (Å²) in [5, 5.41) is 3.59. The van der Waals surface area contributed by atoms with E-state index >= 15 is 0 Å². The van der Waals surface area contributed by atoms with Crippen molar-refractivity contribution in [3.8, 4) is 0 Å². The van der Waals surface area contributed by atoms with Crippen molar-refractivity contribution < 1.29 is 4.74 Å². The molecule has 0 radical (unpaired) electrons. The lowest BCUT2D eigenvalue weighted by Crippen LogP contribution is -2.33. The van der Waals surface area contributed by atoms with E-state index in [4.69, 9.17) is 4.74 Å². The second-order valence-electron chi connectivity index (χ2n) is 5.26. The molecule has 2 heteroatoms. The topological polar surface area (TPSA) is 21.3 Å². The fraction of sp³-hybridized carbons (Fsp3) is 1.00. The zero-order valence-corrected chi connectivity index (χ0v) is 10.6. The van der Waals surface area contributed by atoms with Crippen LogP contribution in [0.2, 0.25) is 0 Å². The highest BCUT2D eigenvalue weighted by molar-refractivity contribution is 4.79. The number of nitrogens with one attached hydrogen (secondary N) is 1. The van der Waals surface area contributed by atoms with Crippen LogP contribution in [0.5, 0.6) is 0 Å². The molecule has 2 unspecified atom stereocenters. The molecule has 15 heavy (non-hydrogen) atoms. The summed E-state index contributed by atoms with van der Waals surface area (Å²) >= 11 is 0. The van der Waals surface area contributed by atoms with Crippen LogP contribution in [0.25, 0.3) is 0 Å². The lowest BCUT2D eigenvalue weighted by Gasteiger charge is -2.17. The van der Waals surface area contributed by atoms with Crippen LogP contribution < -0.4 is 5.32 Å². The number of hydrogen-bond donors (Lipinski definition) is 1. The van der Waals surface area contributed by atoms with Crippen molar-refractivity contribution in [2.24, 2.45) is 11.8 Å². The van der Waals surface area contributed by atoms with Gasteiger partial charge >= 0.3 is 0 Å². The van der Waals surface area contributed by atoms with Gasteiger partial charge in [-0.3, -0.25) is 0 Å². The van der Waals surface area contributed by atoms with Crippen LogP contribution >= 0.6 is 0 Å². The number of ether oxygens (including phenoxy) is 1. The number of rotatable bonds is 7. The van der Waals surface area contributed by atoms with Gasteiger partial charge < -0.3 is 10.1 Å². The first-order chi connectivity index (χ1) is 7.20. The standard InChI is InChI=1S/C13H27NO/c1-11(2)7-9-15-10-8-14-13-6-4-5-12(13)3/h11-14H,4-10H2,1-3H3. The Morgan fingerprint density at radius 2 is 2.07 bits per heavy atom. The Balaban J connectivity index is 1.88. The van der Waals surface area contributed by atoms with Crippen LogP contribution in [-0.4, -0.2) is 25.8 Å². The Bertz CT molecular complexity index is 159. The molecule has 0 spiro atoms. The minimum Gasteiger partial charge on any atom is -0.380 e. The summed E-state index contributed by atoms with van der Waals surface area (Å²) in [6.45, 7) is 9.64. The molecule has 0 aromatic carbocycles. The van der Waals surface area contributed by atoms with Gasteiger partial charge in [0.2, 0.25) is 0 Å². The lowest BCUT2D eigenvalue weighted by atomic mass is 10.1. The maximum Gasteiger partial charge on any atom is 0.0591 e. The van der Waals surface area contributed by atoms with E-state index in [1.54, 1.807) is 0 Å². The minimum absolute atomic E-state index is 0.749. The summed E-state index contributed by atoms with van der Waals surface area (Å²) in [5.41, 5.74) is 0. The highest BCUT2D eigenvalue weighted by atomic mass is 16.5. The van der Waals surface area contributed by atoms with Gasteiger partial charge in [0, 0.05) is 19.2 Å². The van der Waals surface area contributed by atoms with Crippen LogP contribution in [0.1, 0.15) is 46.5 Å². The van der Waals surface area contributed by atoms with Gasteiger partial charge in [-0.15, -0.1) is 0 Å². The summed E-state index contributed by atoms with van der Waals surface area (Å²) < 4.78 is 5.58. The van der Waals surface area contributed by atoms with Gasteiger partial charge in [0.05, 0.1) is 6.61 Å². The van der Waals surface area contributed by atoms with E-state index in [-0.39, 0.29) is 0 Å². The van der Waals surface area contributed by atoms with Crippen LogP contribution in [0, 0.1) is 11.8 Å². The van der Waals surface area contributed by atoms with Gasteiger partial charge in [0.15, 0.2) is 0 Å². The molecule has 0 aromatic heterocycles. The van der Waals surface area contributed by atoms with Crippen molar-refractivity contribution in [3.63, 3.8) is 0 Å². The Morgan fingerprint density at radius 3 is 2.67 bits per heavy atom. The fourth-order valence-electron chi connectivity index (χ4n) is 2.19. The molecule has 1 fully saturated rings. The van der Waals surface area contributed by atoms with Gasteiger partial charge in [-0.2, -0.15) is 0 Å². The normalized spacial score (nSPS) is 26.4. The molecule has 2 nitrogen and oxygen atoms in total. The largest absolute Gasteiger partial charge is 0.380 e. The molecule has 0 bridgehead atoms. The molecule has 1 aliphatic carbocycles. The molecular formula is C13H27NO. The van der Waals surface area contributed by atoms with Gasteiger partial charge in [-0.05, 0) is 31.1 Å². The van der Waals surface area contributed by atoms with Crippen molar-refractivity contribution in [1.29, 1.82) is 0 Å². The molecule has 0 saturated heterocycles. The van der Waals surface area contributed by atoms with E-state index in [1.165, 1.54) is 25.7 Å². The number of hydrogen-bond acceptors (Lipinski definition) is 2. The van der Waals surface area contributed by atoms with E-state index in [1.807, 2.05) is 0 Å². The monoisotopic (exact) mass is 213 g/mol. The maximum atomic E-state index is 5.58. The molecule has 0 aromatic rings. The first-order valence-electron chi connectivity index (χ1n) is 6.51. The van der Waals surface area contributed by atoms with E-state index in [0.29, 0.717) is 0 Å². The van der Waals surface area contributed by atoms with Gasteiger partial charge in [-0.25, -0.2) is 0 Å². The van der Waals surface area contributed by atoms with E-state index in [9.17, 15) is 0 Å². The van der Waals surface area contributed by atoms with Gasteiger partial charge in [-0.1, -0.05) is 27.2 Å². The van der Waals surface area contributed by atoms with Crippen LogP contribution in [0.15, 0.2) is 0 Å². The third kappa shape index (κ3) is 5.53. The molecule has 0 aliphatic heterocycles. The minimum atomic E-state index is 0.749. The molecular weight excluding hydrogens is 186 g/mol. The third-order valence-corrected chi connectivity index (χ3v) is 3.35. The van der Waals surface area contributed by atoms with Crippen LogP contribution in [0.4, 0.5) is 0 Å². The highest BCUT2D eigenvalue weighted by Gasteiger charge is 2.21. The van der Waals surface area contributed by atoms with Crippen molar-refractivity contribution >= 4 is 0 Å². The Kier molecular flexibility index (Phi) is 6.26. The SMILES string of the molecule is CC(C)CCOCCNC1CCCC1C. The van der Waals surface area contributed by atoms with Crippen LogP contribution in [0.3, 0.4) is 0 Å². The molecule has 1 N–H and O–H groups in total. The predicted octanol–water partition coefficient (Wildman–Crippen LogP) is 2.83. The predicted molar refractivity (Wildman–Crippen MR) is 65.1 cm³/mol. The second-order valence-corrected chi connectivity index (χ2v) is 5.26. The first kappa shape index (κ1) is 13.0. The zero-order valence-electron chi connectivity index (χ0n) is 10.6. The molecule has 1 saturated carbocycles. The molecule has 0 amide bonds. The van der Waals surface area contributed by atoms with E-state index in [2.05, 4.69) is 26.1 Å². The van der Waals surface area contributed by atoms with Crippen molar-refractivity contribution in [2.45, 2.75) is 52.5 Å². The smallest absolute Gasteiger partial charge is 0.0591 e. The summed E-state index contributed by atoms with van der Waals surface area (Å²) in [7, 11) is 0. The van der Waals surface area contributed by atoms with E-state index < -0.39 is 0 Å². The zero-order chi connectivity index (χ0) is 11.1. The first-order valence-corrected chi connectivity index (χ1v) is 6.51. The lowest BCUT2D eigenvalue weighted by molar-refractivity contribution is 0.122. The summed E-state index contributed by atoms with van der Waals surface area (Å²) in [6.07, 6.45) is 5.33.